The van der Waals surface area contributed by atoms with Crippen LogP contribution in [0.2, 0.25) is 0 Å². The molecule has 156 valence electrons. The van der Waals surface area contributed by atoms with Crippen molar-refractivity contribution in [2.75, 3.05) is 11.4 Å². The van der Waals surface area contributed by atoms with Gasteiger partial charge in [-0.3, -0.25) is 14.4 Å². The van der Waals surface area contributed by atoms with Gasteiger partial charge in [0, 0.05) is 31.9 Å². The molecule has 2 aromatic carbocycles. The molecule has 1 aliphatic heterocycles. The van der Waals surface area contributed by atoms with Gasteiger partial charge in [0.2, 0.25) is 0 Å². The third-order valence-electron chi connectivity index (χ3n) is 5.52. The SMILES string of the molecule is Cc1nn2c(c1-c1ccccc1Oc1ccccc1)N(C(=O)c1ccnn1C)CCC2. The Hall–Kier alpha value is -3.87. The van der Waals surface area contributed by atoms with Crippen molar-refractivity contribution < 1.29 is 9.53 Å². The van der Waals surface area contributed by atoms with Crippen molar-refractivity contribution in [1.29, 1.82) is 0 Å². The van der Waals surface area contributed by atoms with Crippen LogP contribution in [0.25, 0.3) is 11.1 Å². The van der Waals surface area contributed by atoms with Crippen LogP contribution in [0.4, 0.5) is 5.82 Å². The molecule has 0 saturated carbocycles. The third kappa shape index (κ3) is 3.38. The molecule has 31 heavy (non-hydrogen) atoms. The normalized spacial score (nSPS) is 13.2. The van der Waals surface area contributed by atoms with Crippen molar-refractivity contribution in [1.82, 2.24) is 19.6 Å². The van der Waals surface area contributed by atoms with E-state index in [1.165, 1.54) is 0 Å². The Morgan fingerprint density at radius 3 is 2.55 bits per heavy atom. The quantitative estimate of drug-likeness (QED) is 0.496. The van der Waals surface area contributed by atoms with E-state index in [9.17, 15) is 4.79 Å². The van der Waals surface area contributed by atoms with Crippen LogP contribution >= 0.6 is 0 Å². The fourth-order valence-electron chi connectivity index (χ4n) is 4.10. The molecule has 0 aliphatic carbocycles. The van der Waals surface area contributed by atoms with E-state index in [2.05, 4.69) is 5.10 Å². The van der Waals surface area contributed by atoms with Crippen molar-refractivity contribution in [3.05, 3.63) is 78.2 Å². The van der Waals surface area contributed by atoms with E-state index in [1.807, 2.05) is 71.1 Å². The second kappa shape index (κ2) is 7.75. The van der Waals surface area contributed by atoms with Crippen LogP contribution in [0.1, 0.15) is 22.6 Å². The first kappa shape index (κ1) is 19.1. The molecule has 7 nitrogen and oxygen atoms in total. The van der Waals surface area contributed by atoms with E-state index in [-0.39, 0.29) is 5.91 Å². The van der Waals surface area contributed by atoms with Gasteiger partial charge in [-0.25, -0.2) is 4.68 Å². The van der Waals surface area contributed by atoms with Crippen molar-refractivity contribution in [2.24, 2.45) is 7.05 Å². The van der Waals surface area contributed by atoms with Crippen LogP contribution in [-0.2, 0) is 13.6 Å². The maximum atomic E-state index is 13.4. The molecular formula is C24H23N5O2. The molecule has 0 atom stereocenters. The summed E-state index contributed by atoms with van der Waals surface area (Å²) in [6.07, 6.45) is 2.49. The number of aryl methyl sites for hydroxylation is 3. The summed E-state index contributed by atoms with van der Waals surface area (Å²) in [5.41, 5.74) is 3.24. The monoisotopic (exact) mass is 413 g/mol. The second-order valence-corrected chi connectivity index (χ2v) is 7.57. The number of rotatable bonds is 4. The third-order valence-corrected chi connectivity index (χ3v) is 5.52. The van der Waals surface area contributed by atoms with E-state index >= 15 is 0 Å². The van der Waals surface area contributed by atoms with Crippen molar-refractivity contribution in [3.8, 4) is 22.6 Å². The summed E-state index contributed by atoms with van der Waals surface area (Å²) >= 11 is 0. The summed E-state index contributed by atoms with van der Waals surface area (Å²) in [7, 11) is 1.78. The van der Waals surface area contributed by atoms with Crippen molar-refractivity contribution in [3.63, 3.8) is 0 Å². The maximum Gasteiger partial charge on any atom is 0.277 e. The van der Waals surface area contributed by atoms with Crippen molar-refractivity contribution >= 4 is 11.7 Å². The Labute approximate surface area is 180 Å². The van der Waals surface area contributed by atoms with E-state index in [0.717, 1.165) is 47.1 Å². The summed E-state index contributed by atoms with van der Waals surface area (Å²) in [6, 6.07) is 19.3. The first-order valence-corrected chi connectivity index (χ1v) is 10.3. The van der Waals surface area contributed by atoms with E-state index in [0.29, 0.717) is 12.2 Å². The molecular weight excluding hydrogens is 390 g/mol. The van der Waals surface area contributed by atoms with Crippen LogP contribution < -0.4 is 9.64 Å². The summed E-state index contributed by atoms with van der Waals surface area (Å²) in [4.78, 5) is 15.2. The number of nitrogens with zero attached hydrogens (tertiary/aromatic N) is 5. The standard InChI is InChI=1S/C24H23N5O2/c1-17-22(19-11-6-7-12-21(19)31-18-9-4-3-5-10-18)23-28(15-8-16-29(23)26-17)24(30)20-13-14-25-27(20)2/h3-7,9-14H,8,15-16H2,1-2H3. The molecule has 0 fully saturated rings. The fourth-order valence-corrected chi connectivity index (χ4v) is 4.10. The molecule has 1 amide bonds. The zero-order chi connectivity index (χ0) is 21.4. The lowest BCUT2D eigenvalue weighted by Gasteiger charge is -2.29. The minimum absolute atomic E-state index is 0.0800. The molecule has 3 heterocycles. The largest absolute Gasteiger partial charge is 0.457 e. The molecule has 2 aromatic heterocycles. The number of carbonyl (C=O) groups excluding carboxylic acids is 1. The molecule has 7 heteroatoms. The Morgan fingerprint density at radius 1 is 1.00 bits per heavy atom. The number of hydrogen-bond acceptors (Lipinski definition) is 4. The smallest absolute Gasteiger partial charge is 0.277 e. The fraction of sp³-hybridized carbons (Fsp3) is 0.208. The predicted molar refractivity (Wildman–Crippen MR) is 118 cm³/mol. The number of amides is 1. The molecule has 0 radical (unpaired) electrons. The van der Waals surface area contributed by atoms with Gasteiger partial charge in [0.05, 0.1) is 11.3 Å². The minimum Gasteiger partial charge on any atom is -0.457 e. The summed E-state index contributed by atoms with van der Waals surface area (Å²) in [6.45, 7) is 3.38. The number of ether oxygens (including phenoxy) is 1. The van der Waals surface area contributed by atoms with E-state index in [4.69, 9.17) is 9.84 Å². The van der Waals surface area contributed by atoms with Crippen LogP contribution in [0, 0.1) is 6.92 Å². The van der Waals surface area contributed by atoms with Gasteiger partial charge in [0.1, 0.15) is 23.0 Å². The molecule has 0 unspecified atom stereocenters. The maximum absolute atomic E-state index is 13.4. The van der Waals surface area contributed by atoms with Crippen molar-refractivity contribution in [2.45, 2.75) is 19.9 Å². The van der Waals surface area contributed by atoms with Gasteiger partial charge in [0.25, 0.3) is 5.91 Å². The predicted octanol–water partition coefficient (Wildman–Crippen LogP) is 4.43. The number of aromatic nitrogens is 4. The van der Waals surface area contributed by atoms with Crippen LogP contribution in [0.5, 0.6) is 11.5 Å². The molecule has 0 spiro atoms. The molecule has 0 saturated heterocycles. The Morgan fingerprint density at radius 2 is 1.77 bits per heavy atom. The van der Waals surface area contributed by atoms with Crippen LogP contribution in [-0.4, -0.2) is 32.0 Å². The number of hydrogen-bond donors (Lipinski definition) is 0. The summed E-state index contributed by atoms with van der Waals surface area (Å²) in [5, 5.41) is 8.92. The molecule has 0 N–H and O–H groups in total. The lowest BCUT2D eigenvalue weighted by atomic mass is 10.0. The average molecular weight is 413 g/mol. The van der Waals surface area contributed by atoms with Gasteiger partial charge < -0.3 is 4.74 Å². The Kier molecular flexibility index (Phi) is 4.78. The first-order chi connectivity index (χ1) is 15.1. The molecule has 4 aromatic rings. The van der Waals surface area contributed by atoms with E-state index < -0.39 is 0 Å². The summed E-state index contributed by atoms with van der Waals surface area (Å²) < 4.78 is 9.75. The van der Waals surface area contributed by atoms with Crippen LogP contribution in [0.15, 0.2) is 66.9 Å². The highest BCUT2D eigenvalue weighted by molar-refractivity contribution is 6.07. The van der Waals surface area contributed by atoms with E-state index in [1.54, 1.807) is 24.0 Å². The number of benzene rings is 2. The number of para-hydroxylation sites is 2. The van der Waals surface area contributed by atoms with Gasteiger partial charge in [-0.1, -0.05) is 36.4 Å². The van der Waals surface area contributed by atoms with Gasteiger partial charge >= 0.3 is 0 Å². The zero-order valence-electron chi connectivity index (χ0n) is 17.5. The zero-order valence-corrected chi connectivity index (χ0v) is 17.5. The Balaban J connectivity index is 1.62. The lowest BCUT2D eigenvalue weighted by Crippen LogP contribution is -2.38. The van der Waals surface area contributed by atoms with Gasteiger partial charge in [-0.2, -0.15) is 10.2 Å². The summed E-state index contributed by atoms with van der Waals surface area (Å²) in [5.74, 6) is 2.21. The number of carbonyl (C=O) groups is 1. The Bertz CT molecular complexity index is 1240. The highest BCUT2D eigenvalue weighted by Gasteiger charge is 2.32. The van der Waals surface area contributed by atoms with Gasteiger partial charge in [-0.15, -0.1) is 0 Å². The average Bonchev–Trinajstić information content (AvgIpc) is 3.36. The molecule has 5 rings (SSSR count). The van der Waals surface area contributed by atoms with Gasteiger partial charge in [-0.05, 0) is 37.6 Å². The number of fused-ring (bicyclic) bond motifs is 1. The lowest BCUT2D eigenvalue weighted by molar-refractivity contribution is 0.0972. The second-order valence-electron chi connectivity index (χ2n) is 7.57. The minimum atomic E-state index is -0.0800. The first-order valence-electron chi connectivity index (χ1n) is 10.3. The number of anilines is 1. The molecule has 0 bridgehead atoms. The van der Waals surface area contributed by atoms with Crippen LogP contribution in [0.3, 0.4) is 0 Å². The highest BCUT2D eigenvalue weighted by atomic mass is 16.5. The highest BCUT2D eigenvalue weighted by Crippen LogP contribution is 2.42. The molecule has 1 aliphatic rings. The van der Waals surface area contributed by atoms with Gasteiger partial charge in [0.15, 0.2) is 0 Å². The topological polar surface area (TPSA) is 65.2 Å².